The highest BCUT2D eigenvalue weighted by Crippen LogP contribution is 2.15. The molecule has 0 saturated carbocycles. The summed E-state index contributed by atoms with van der Waals surface area (Å²) in [5.41, 5.74) is 0. The summed E-state index contributed by atoms with van der Waals surface area (Å²) >= 11 is 6.86. The van der Waals surface area contributed by atoms with E-state index >= 15 is 0 Å². The minimum absolute atomic E-state index is 0.670. The van der Waals surface area contributed by atoms with Crippen molar-refractivity contribution in [2.24, 2.45) is 0 Å². The van der Waals surface area contributed by atoms with Crippen LogP contribution in [0, 0.1) is 0 Å². The van der Waals surface area contributed by atoms with E-state index in [0.717, 1.165) is 0 Å². The van der Waals surface area contributed by atoms with Crippen molar-refractivity contribution in [2.75, 3.05) is 4.43 Å². The van der Waals surface area contributed by atoms with Gasteiger partial charge in [0.25, 0.3) is 0 Å². The molecule has 0 aliphatic heterocycles. The highest BCUT2D eigenvalue weighted by Gasteiger charge is 2.21. The lowest BCUT2D eigenvalue weighted by Crippen LogP contribution is -2.34. The van der Waals surface area contributed by atoms with Gasteiger partial charge in [-0.05, 0) is 0 Å². The summed E-state index contributed by atoms with van der Waals surface area (Å²) < 4.78 is 1.19. The number of hydrogen-bond donors (Lipinski definition) is 1. The Kier molecular flexibility index (Phi) is 4.02. The second kappa shape index (κ2) is 3.46. The maximum Gasteiger partial charge on any atom is 0.0593 e. The predicted octanol–water partition coefficient (Wildman–Crippen LogP) is 2.60. The van der Waals surface area contributed by atoms with E-state index in [2.05, 4.69) is 54.9 Å². The smallest absolute Gasteiger partial charge is 0.0593 e. The molecule has 0 nitrogen and oxygen atoms in total. The predicted molar refractivity (Wildman–Crippen MR) is 55.0 cm³/mol. The van der Waals surface area contributed by atoms with Crippen LogP contribution in [-0.4, -0.2) is 17.4 Å². The Morgan fingerprint density at radius 2 is 1.88 bits per heavy atom. The molecule has 1 atom stereocenters. The molecule has 0 aromatic heterocycles. The van der Waals surface area contributed by atoms with E-state index in [1.54, 1.807) is 0 Å². The van der Waals surface area contributed by atoms with E-state index in [1.165, 1.54) is 4.43 Å². The van der Waals surface area contributed by atoms with Crippen molar-refractivity contribution in [3.63, 3.8) is 0 Å². The first-order valence-corrected chi connectivity index (χ1v) is 8.34. The van der Waals surface area contributed by atoms with Crippen molar-refractivity contribution in [2.45, 2.75) is 24.5 Å². The van der Waals surface area contributed by atoms with Crippen molar-refractivity contribution in [3.8, 4) is 0 Å². The second-order valence-electron chi connectivity index (χ2n) is 3.04. The Hall–Kier alpha value is 1.30. The molecular formula is C5H13ISSi. The largest absolute Gasteiger partial charge is 0.178 e. The first-order valence-electron chi connectivity index (χ1n) is 2.72. The Balaban J connectivity index is 3.62. The molecule has 0 aliphatic carbocycles. The van der Waals surface area contributed by atoms with Crippen LogP contribution in [0.4, 0.5) is 0 Å². The molecule has 0 fully saturated rings. The van der Waals surface area contributed by atoms with Gasteiger partial charge in [-0.25, -0.2) is 0 Å². The molecule has 0 N–H and O–H groups in total. The van der Waals surface area contributed by atoms with Gasteiger partial charge < -0.3 is 0 Å². The number of hydrogen-bond acceptors (Lipinski definition) is 1. The van der Waals surface area contributed by atoms with Crippen LogP contribution in [0.2, 0.25) is 19.6 Å². The van der Waals surface area contributed by atoms with Crippen LogP contribution in [-0.2, 0) is 0 Å². The first kappa shape index (κ1) is 9.30. The van der Waals surface area contributed by atoms with E-state index in [4.69, 9.17) is 0 Å². The van der Waals surface area contributed by atoms with Gasteiger partial charge in [-0.15, -0.1) is 0 Å². The number of rotatable bonds is 2. The summed E-state index contributed by atoms with van der Waals surface area (Å²) in [6, 6.07) is 0. The molecule has 1 unspecified atom stereocenters. The van der Waals surface area contributed by atoms with Gasteiger partial charge in [0.05, 0.1) is 8.07 Å². The summed E-state index contributed by atoms with van der Waals surface area (Å²) in [6.45, 7) is 7.05. The SMILES string of the molecule is C[Si](C)(C)C(S)CI. The number of halogens is 1. The Morgan fingerprint density at radius 3 is 1.88 bits per heavy atom. The summed E-state index contributed by atoms with van der Waals surface area (Å²) in [4.78, 5) is 0.670. The third-order valence-electron chi connectivity index (χ3n) is 1.15. The summed E-state index contributed by atoms with van der Waals surface area (Å²) in [6.07, 6.45) is 0. The van der Waals surface area contributed by atoms with Gasteiger partial charge in [0.2, 0.25) is 0 Å². The van der Waals surface area contributed by atoms with E-state index in [1.807, 2.05) is 0 Å². The molecule has 0 saturated heterocycles. The van der Waals surface area contributed by atoms with Crippen LogP contribution in [0.25, 0.3) is 0 Å². The van der Waals surface area contributed by atoms with Gasteiger partial charge in [-0.1, -0.05) is 42.2 Å². The van der Waals surface area contributed by atoms with Crippen LogP contribution in [0.15, 0.2) is 0 Å². The van der Waals surface area contributed by atoms with E-state index in [0.29, 0.717) is 4.87 Å². The van der Waals surface area contributed by atoms with E-state index < -0.39 is 8.07 Å². The van der Waals surface area contributed by atoms with Crippen LogP contribution in [0.5, 0.6) is 0 Å². The summed E-state index contributed by atoms with van der Waals surface area (Å²) in [5.74, 6) is 0. The lowest BCUT2D eigenvalue weighted by molar-refractivity contribution is 1.35. The number of alkyl halides is 1. The van der Waals surface area contributed by atoms with Gasteiger partial charge in [0, 0.05) is 9.30 Å². The van der Waals surface area contributed by atoms with Gasteiger partial charge in [0.15, 0.2) is 0 Å². The maximum atomic E-state index is 4.46. The third kappa shape index (κ3) is 3.35. The molecule has 50 valence electrons. The molecule has 0 radical (unpaired) electrons. The van der Waals surface area contributed by atoms with Crippen LogP contribution in [0.1, 0.15) is 0 Å². The summed E-state index contributed by atoms with van der Waals surface area (Å²) in [5, 5.41) is 0. The minimum Gasteiger partial charge on any atom is -0.178 e. The fourth-order valence-corrected chi connectivity index (χ4v) is 4.66. The van der Waals surface area contributed by atoms with Crippen molar-refractivity contribution < 1.29 is 0 Å². The lowest BCUT2D eigenvalue weighted by atomic mass is 10.9. The lowest BCUT2D eigenvalue weighted by Gasteiger charge is -2.21. The second-order valence-corrected chi connectivity index (χ2v) is 10.5. The average molecular weight is 260 g/mol. The zero-order valence-corrected chi connectivity index (χ0v) is 9.66. The number of thiol groups is 1. The van der Waals surface area contributed by atoms with Gasteiger partial charge in [-0.3, -0.25) is 0 Å². The topological polar surface area (TPSA) is 0 Å². The Bertz CT molecular complexity index is 69.3. The van der Waals surface area contributed by atoms with Crippen molar-refractivity contribution in [3.05, 3.63) is 0 Å². The highest BCUT2D eigenvalue weighted by molar-refractivity contribution is 14.1. The van der Waals surface area contributed by atoms with Crippen molar-refractivity contribution in [1.29, 1.82) is 0 Å². The molecule has 0 bridgehead atoms. The Labute approximate surface area is 72.0 Å². The highest BCUT2D eigenvalue weighted by atomic mass is 127. The first-order chi connectivity index (χ1) is 3.48. The molecule has 0 aromatic carbocycles. The molecule has 0 spiro atoms. The normalized spacial score (nSPS) is 16.1. The van der Waals surface area contributed by atoms with Gasteiger partial charge >= 0.3 is 0 Å². The standard InChI is InChI=1S/C5H13ISSi/c1-8(2,3)5(7)4-6/h5,7H,4H2,1-3H3. The summed E-state index contributed by atoms with van der Waals surface area (Å²) in [7, 11) is -0.904. The van der Waals surface area contributed by atoms with Gasteiger partial charge in [-0.2, -0.15) is 12.6 Å². The van der Waals surface area contributed by atoms with E-state index in [-0.39, 0.29) is 0 Å². The molecule has 0 heterocycles. The minimum atomic E-state index is -0.904. The third-order valence-corrected chi connectivity index (χ3v) is 8.26. The molecule has 8 heavy (non-hydrogen) atoms. The zero-order valence-electron chi connectivity index (χ0n) is 5.61. The van der Waals surface area contributed by atoms with Crippen LogP contribution < -0.4 is 0 Å². The fraction of sp³-hybridized carbons (Fsp3) is 1.00. The monoisotopic (exact) mass is 260 g/mol. The fourth-order valence-electron chi connectivity index (χ4n) is 0.231. The van der Waals surface area contributed by atoms with Gasteiger partial charge in [0.1, 0.15) is 0 Å². The molecule has 0 aliphatic rings. The molecule has 0 aromatic rings. The van der Waals surface area contributed by atoms with E-state index in [9.17, 15) is 0 Å². The molecular weight excluding hydrogens is 247 g/mol. The van der Waals surface area contributed by atoms with Crippen LogP contribution in [0.3, 0.4) is 0 Å². The van der Waals surface area contributed by atoms with Crippen LogP contribution >= 0.6 is 35.2 Å². The Morgan fingerprint density at radius 1 is 1.50 bits per heavy atom. The molecule has 3 heteroatoms. The average Bonchev–Trinajstić information content (AvgIpc) is 1.62. The van der Waals surface area contributed by atoms with Crippen molar-refractivity contribution in [1.82, 2.24) is 0 Å². The quantitative estimate of drug-likeness (QED) is 0.335. The zero-order chi connectivity index (χ0) is 6.78. The maximum absolute atomic E-state index is 4.46. The van der Waals surface area contributed by atoms with Crippen molar-refractivity contribution >= 4 is 43.3 Å². The molecule has 0 amide bonds. The molecule has 0 rings (SSSR count).